The van der Waals surface area contributed by atoms with Crippen molar-refractivity contribution in [1.82, 2.24) is 4.57 Å². The zero-order valence-corrected chi connectivity index (χ0v) is 15.3. The fraction of sp³-hybridized carbons (Fsp3) is 0.500. The first-order chi connectivity index (χ1) is 10.7. The molecule has 124 valence electrons. The van der Waals surface area contributed by atoms with E-state index in [9.17, 15) is 9.18 Å². The molecule has 2 aromatic rings. The molecule has 1 saturated carbocycles. The van der Waals surface area contributed by atoms with Gasteiger partial charge in [0, 0.05) is 22.8 Å². The van der Waals surface area contributed by atoms with E-state index in [2.05, 4.69) is 21.2 Å². The van der Waals surface area contributed by atoms with Crippen LogP contribution < -0.4 is 5.32 Å². The number of carbonyl (C=O) groups is 1. The molecule has 1 N–H and O–H groups in total. The number of amides is 1. The normalized spacial score (nSPS) is 15.2. The number of benzene rings is 1. The highest BCUT2D eigenvalue weighted by atomic mass is 79.9. The number of fused-ring (bicyclic) bond motifs is 1. The first kappa shape index (κ1) is 16.5. The Morgan fingerprint density at radius 1 is 1.35 bits per heavy atom. The minimum atomic E-state index is -0.268. The number of nitrogens with one attached hydrogen (secondary N) is 1. The summed E-state index contributed by atoms with van der Waals surface area (Å²) in [6.45, 7) is 6.92. The zero-order valence-electron chi connectivity index (χ0n) is 13.7. The van der Waals surface area contributed by atoms with E-state index in [1.807, 2.05) is 31.4 Å². The lowest BCUT2D eigenvalue weighted by molar-refractivity contribution is -0.117. The van der Waals surface area contributed by atoms with Gasteiger partial charge in [-0.3, -0.25) is 4.79 Å². The van der Waals surface area contributed by atoms with E-state index < -0.39 is 0 Å². The van der Waals surface area contributed by atoms with Crippen molar-refractivity contribution in [2.24, 2.45) is 11.3 Å². The third kappa shape index (κ3) is 3.94. The fourth-order valence-corrected chi connectivity index (χ4v) is 3.23. The van der Waals surface area contributed by atoms with Gasteiger partial charge in [-0.1, -0.05) is 36.7 Å². The van der Waals surface area contributed by atoms with Gasteiger partial charge < -0.3 is 9.88 Å². The molecular formula is C18H22BrFN2O. The molecule has 0 spiro atoms. The van der Waals surface area contributed by atoms with Crippen molar-refractivity contribution >= 4 is 38.6 Å². The van der Waals surface area contributed by atoms with Crippen LogP contribution in [0.2, 0.25) is 0 Å². The lowest BCUT2D eigenvalue weighted by Crippen LogP contribution is -2.21. The van der Waals surface area contributed by atoms with Crippen LogP contribution in [0.15, 0.2) is 22.7 Å². The van der Waals surface area contributed by atoms with E-state index >= 15 is 0 Å². The van der Waals surface area contributed by atoms with Gasteiger partial charge >= 0.3 is 0 Å². The first-order valence-corrected chi connectivity index (χ1v) is 8.80. The topological polar surface area (TPSA) is 34.0 Å². The standard InChI is InChI=1S/C18H22BrFN2O/c1-18(2,3)9-17(23)21-16-8-13-14(20)6-12(19)7-15(13)22(16)10-11-4-5-11/h6-8,11H,4-5,9-10H2,1-3H3,(H,21,23). The number of carbonyl (C=O) groups excluding carboxylic acids is 1. The quantitative estimate of drug-likeness (QED) is 0.764. The van der Waals surface area contributed by atoms with E-state index in [1.54, 1.807) is 6.07 Å². The molecule has 0 aliphatic heterocycles. The van der Waals surface area contributed by atoms with Gasteiger partial charge in [0.2, 0.25) is 5.91 Å². The molecule has 0 radical (unpaired) electrons. The Labute approximate surface area is 144 Å². The Hall–Kier alpha value is -1.36. The molecule has 1 aromatic heterocycles. The average molecular weight is 381 g/mol. The van der Waals surface area contributed by atoms with Crippen LogP contribution in [0, 0.1) is 17.2 Å². The summed E-state index contributed by atoms with van der Waals surface area (Å²) in [4.78, 5) is 12.3. The fourth-order valence-electron chi connectivity index (χ4n) is 2.81. The van der Waals surface area contributed by atoms with Crippen LogP contribution >= 0.6 is 15.9 Å². The van der Waals surface area contributed by atoms with Gasteiger partial charge in [0.15, 0.2) is 0 Å². The monoisotopic (exact) mass is 380 g/mol. The third-order valence-electron chi connectivity index (χ3n) is 4.03. The maximum atomic E-state index is 14.2. The SMILES string of the molecule is CC(C)(C)CC(=O)Nc1cc2c(F)cc(Br)cc2n1CC1CC1. The number of nitrogens with zero attached hydrogens (tertiary/aromatic N) is 1. The van der Waals surface area contributed by atoms with Crippen LogP contribution in [-0.4, -0.2) is 10.5 Å². The molecule has 1 heterocycles. The van der Waals surface area contributed by atoms with Crippen molar-refractivity contribution in [1.29, 1.82) is 0 Å². The molecule has 1 fully saturated rings. The second-order valence-corrected chi connectivity index (χ2v) is 8.61. The molecule has 1 amide bonds. The lowest BCUT2D eigenvalue weighted by atomic mass is 9.92. The summed E-state index contributed by atoms with van der Waals surface area (Å²) in [5.41, 5.74) is 0.751. The Morgan fingerprint density at radius 2 is 2.04 bits per heavy atom. The number of aromatic nitrogens is 1. The van der Waals surface area contributed by atoms with Crippen molar-refractivity contribution in [3.05, 3.63) is 28.5 Å². The molecule has 0 atom stereocenters. The summed E-state index contributed by atoms with van der Waals surface area (Å²) in [6, 6.07) is 5.13. The molecular weight excluding hydrogens is 359 g/mol. The number of hydrogen-bond acceptors (Lipinski definition) is 1. The van der Waals surface area contributed by atoms with Gasteiger partial charge in [0.25, 0.3) is 0 Å². The van der Waals surface area contributed by atoms with Crippen LogP contribution in [-0.2, 0) is 11.3 Å². The Bertz CT molecular complexity index is 756. The number of hydrogen-bond donors (Lipinski definition) is 1. The molecule has 3 rings (SSSR count). The van der Waals surface area contributed by atoms with Gasteiger partial charge in [0.05, 0.1) is 5.52 Å². The first-order valence-electron chi connectivity index (χ1n) is 8.01. The van der Waals surface area contributed by atoms with Gasteiger partial charge in [-0.25, -0.2) is 4.39 Å². The molecule has 3 nitrogen and oxygen atoms in total. The molecule has 1 aliphatic rings. The summed E-state index contributed by atoms with van der Waals surface area (Å²) in [6.07, 6.45) is 2.83. The van der Waals surface area contributed by atoms with E-state index in [1.165, 1.54) is 18.9 Å². The molecule has 0 saturated heterocycles. The van der Waals surface area contributed by atoms with Crippen molar-refractivity contribution in [3.63, 3.8) is 0 Å². The average Bonchev–Trinajstić information content (AvgIpc) is 3.13. The van der Waals surface area contributed by atoms with Crippen LogP contribution in [0.1, 0.15) is 40.0 Å². The maximum Gasteiger partial charge on any atom is 0.226 e. The molecule has 0 bridgehead atoms. The lowest BCUT2D eigenvalue weighted by Gasteiger charge is -2.18. The summed E-state index contributed by atoms with van der Waals surface area (Å²) >= 11 is 3.36. The van der Waals surface area contributed by atoms with Gasteiger partial charge in [0.1, 0.15) is 11.6 Å². The van der Waals surface area contributed by atoms with E-state index in [0.29, 0.717) is 28.0 Å². The predicted octanol–water partition coefficient (Wildman–Crippen LogP) is 5.33. The highest BCUT2D eigenvalue weighted by Crippen LogP contribution is 2.36. The molecule has 1 aliphatic carbocycles. The van der Waals surface area contributed by atoms with Gasteiger partial charge in [-0.2, -0.15) is 0 Å². The highest BCUT2D eigenvalue weighted by molar-refractivity contribution is 9.10. The largest absolute Gasteiger partial charge is 0.327 e. The van der Waals surface area contributed by atoms with Crippen LogP contribution in [0.5, 0.6) is 0 Å². The Kier molecular flexibility index (Phi) is 4.25. The molecule has 23 heavy (non-hydrogen) atoms. The summed E-state index contributed by atoms with van der Waals surface area (Å²) in [5.74, 6) is 1.02. The van der Waals surface area contributed by atoms with Gasteiger partial charge in [-0.05, 0) is 42.4 Å². The smallest absolute Gasteiger partial charge is 0.226 e. The summed E-state index contributed by atoms with van der Waals surface area (Å²) < 4.78 is 17.0. The summed E-state index contributed by atoms with van der Waals surface area (Å²) in [7, 11) is 0. The predicted molar refractivity (Wildman–Crippen MR) is 95.0 cm³/mol. The zero-order chi connectivity index (χ0) is 16.8. The van der Waals surface area contributed by atoms with Crippen molar-refractivity contribution < 1.29 is 9.18 Å². The van der Waals surface area contributed by atoms with Crippen LogP contribution in [0.3, 0.4) is 0 Å². The van der Waals surface area contributed by atoms with Crippen molar-refractivity contribution in [2.45, 2.75) is 46.6 Å². The second-order valence-electron chi connectivity index (χ2n) is 7.69. The number of rotatable bonds is 4. The summed E-state index contributed by atoms with van der Waals surface area (Å²) in [5, 5.41) is 3.53. The van der Waals surface area contributed by atoms with Crippen molar-refractivity contribution in [2.75, 3.05) is 5.32 Å². The Balaban J connectivity index is 1.97. The minimum absolute atomic E-state index is 0.0307. The second kappa shape index (κ2) is 5.93. The van der Waals surface area contributed by atoms with Gasteiger partial charge in [-0.15, -0.1) is 0 Å². The molecule has 1 aromatic carbocycles. The molecule has 0 unspecified atom stereocenters. The highest BCUT2D eigenvalue weighted by Gasteiger charge is 2.25. The van der Waals surface area contributed by atoms with Crippen molar-refractivity contribution in [3.8, 4) is 0 Å². The number of anilines is 1. The van der Waals surface area contributed by atoms with Crippen LogP contribution in [0.25, 0.3) is 10.9 Å². The minimum Gasteiger partial charge on any atom is -0.327 e. The van der Waals surface area contributed by atoms with E-state index in [0.717, 1.165) is 12.1 Å². The van der Waals surface area contributed by atoms with Crippen LogP contribution in [0.4, 0.5) is 10.2 Å². The Morgan fingerprint density at radius 3 is 2.65 bits per heavy atom. The van der Waals surface area contributed by atoms with E-state index in [4.69, 9.17) is 0 Å². The third-order valence-corrected chi connectivity index (χ3v) is 4.49. The van der Waals surface area contributed by atoms with E-state index in [-0.39, 0.29) is 17.1 Å². The number of halogens is 2. The molecule has 5 heteroatoms. The maximum absolute atomic E-state index is 14.2.